The van der Waals surface area contributed by atoms with E-state index in [1.165, 1.54) is 0 Å². The molecule has 0 radical (unpaired) electrons. The first-order chi connectivity index (χ1) is 9.35. The summed E-state index contributed by atoms with van der Waals surface area (Å²) >= 11 is 0. The number of benzene rings is 1. The molecule has 1 saturated heterocycles. The smallest absolute Gasteiger partial charge is 0.174 e. The van der Waals surface area contributed by atoms with Crippen LogP contribution in [0.25, 0.3) is 10.9 Å². The lowest BCUT2D eigenvalue weighted by atomic mass is 10.1. The fourth-order valence-electron chi connectivity index (χ4n) is 2.27. The highest BCUT2D eigenvalue weighted by atomic mass is 16.6. The molecule has 2 heterocycles. The molecule has 3 rings (SSSR count). The van der Waals surface area contributed by atoms with Crippen molar-refractivity contribution in [1.82, 2.24) is 9.78 Å². The Kier molecular flexibility index (Phi) is 3.11. The molecule has 1 atom stereocenters. The van der Waals surface area contributed by atoms with Gasteiger partial charge in [-0.15, -0.1) is 6.42 Å². The van der Waals surface area contributed by atoms with Gasteiger partial charge >= 0.3 is 0 Å². The maximum absolute atomic E-state index is 5.65. The average molecular weight is 258 g/mol. The average Bonchev–Trinajstić information content (AvgIpc) is 2.91. The first-order valence-corrected chi connectivity index (χ1v) is 6.05. The molecule has 2 aromatic rings. The van der Waals surface area contributed by atoms with Crippen molar-refractivity contribution in [3.05, 3.63) is 23.9 Å². The lowest BCUT2D eigenvalue weighted by Gasteiger charge is -2.23. The minimum absolute atomic E-state index is 0.203. The quantitative estimate of drug-likeness (QED) is 0.767. The Hall–Kier alpha value is -2.03. The van der Waals surface area contributed by atoms with Crippen molar-refractivity contribution in [1.29, 1.82) is 0 Å². The monoisotopic (exact) mass is 258 g/mol. The van der Waals surface area contributed by atoms with Crippen LogP contribution in [-0.4, -0.2) is 36.7 Å². The number of hydrogen-bond acceptors (Lipinski definition) is 4. The second-order valence-corrected chi connectivity index (χ2v) is 4.21. The fraction of sp³-hybridized carbons (Fsp3) is 0.357. The summed E-state index contributed by atoms with van der Waals surface area (Å²) in [6.45, 7) is 1.69. The third-order valence-electron chi connectivity index (χ3n) is 3.18. The van der Waals surface area contributed by atoms with E-state index in [4.69, 9.17) is 20.6 Å². The van der Waals surface area contributed by atoms with Crippen LogP contribution in [0.1, 0.15) is 11.8 Å². The molecular weight excluding hydrogens is 244 g/mol. The molecule has 1 aromatic carbocycles. The van der Waals surface area contributed by atoms with Crippen molar-refractivity contribution in [2.24, 2.45) is 0 Å². The highest BCUT2D eigenvalue weighted by Crippen LogP contribution is 2.29. The van der Waals surface area contributed by atoms with Gasteiger partial charge in [0.1, 0.15) is 5.75 Å². The summed E-state index contributed by atoms with van der Waals surface area (Å²) in [5.41, 5.74) is 1.63. The van der Waals surface area contributed by atoms with Crippen LogP contribution in [0.3, 0.4) is 0 Å². The molecule has 1 unspecified atom stereocenters. The predicted molar refractivity (Wildman–Crippen MR) is 70.0 cm³/mol. The van der Waals surface area contributed by atoms with Crippen molar-refractivity contribution < 1.29 is 14.2 Å². The SMILES string of the molecule is C#Cc1c(OC)ccc2c1cnn2C1COCCO1. The minimum atomic E-state index is -0.203. The van der Waals surface area contributed by atoms with E-state index in [1.807, 2.05) is 12.1 Å². The largest absolute Gasteiger partial charge is 0.495 e. The molecule has 1 fully saturated rings. The molecule has 0 aliphatic carbocycles. The second kappa shape index (κ2) is 4.92. The van der Waals surface area contributed by atoms with Gasteiger partial charge in [-0.2, -0.15) is 5.10 Å². The van der Waals surface area contributed by atoms with E-state index in [-0.39, 0.29) is 6.23 Å². The summed E-state index contributed by atoms with van der Waals surface area (Å²) in [5, 5.41) is 5.25. The summed E-state index contributed by atoms with van der Waals surface area (Å²) in [6, 6.07) is 3.78. The number of fused-ring (bicyclic) bond motifs is 1. The van der Waals surface area contributed by atoms with E-state index in [1.54, 1.807) is 18.0 Å². The molecule has 0 amide bonds. The van der Waals surface area contributed by atoms with Gasteiger partial charge in [-0.3, -0.25) is 0 Å². The third kappa shape index (κ3) is 1.95. The number of rotatable bonds is 2. The molecule has 0 saturated carbocycles. The van der Waals surface area contributed by atoms with Crippen LogP contribution >= 0.6 is 0 Å². The van der Waals surface area contributed by atoms with Crippen LogP contribution in [-0.2, 0) is 9.47 Å². The minimum Gasteiger partial charge on any atom is -0.495 e. The van der Waals surface area contributed by atoms with E-state index in [0.29, 0.717) is 31.1 Å². The van der Waals surface area contributed by atoms with Gasteiger partial charge in [-0.1, -0.05) is 5.92 Å². The van der Waals surface area contributed by atoms with Gasteiger partial charge in [0.15, 0.2) is 6.23 Å². The third-order valence-corrected chi connectivity index (χ3v) is 3.18. The second-order valence-electron chi connectivity index (χ2n) is 4.21. The van der Waals surface area contributed by atoms with Gasteiger partial charge in [-0.25, -0.2) is 4.68 Å². The van der Waals surface area contributed by atoms with Gasteiger partial charge in [0.25, 0.3) is 0 Å². The Balaban J connectivity index is 2.11. The lowest BCUT2D eigenvalue weighted by Crippen LogP contribution is -2.27. The molecule has 1 aliphatic rings. The lowest BCUT2D eigenvalue weighted by molar-refractivity contribution is -0.125. The van der Waals surface area contributed by atoms with E-state index < -0.39 is 0 Å². The van der Waals surface area contributed by atoms with Crippen molar-refractivity contribution in [2.45, 2.75) is 6.23 Å². The number of ether oxygens (including phenoxy) is 3. The normalized spacial score (nSPS) is 19.3. The van der Waals surface area contributed by atoms with Crippen molar-refractivity contribution in [3.63, 3.8) is 0 Å². The summed E-state index contributed by atoms with van der Waals surface area (Å²) in [6.07, 6.45) is 7.09. The van der Waals surface area contributed by atoms with Gasteiger partial charge in [0.2, 0.25) is 0 Å². The molecule has 0 spiro atoms. The van der Waals surface area contributed by atoms with Crippen LogP contribution < -0.4 is 4.74 Å². The Morgan fingerprint density at radius 1 is 1.47 bits per heavy atom. The first-order valence-electron chi connectivity index (χ1n) is 6.05. The van der Waals surface area contributed by atoms with Crippen LogP contribution in [0.5, 0.6) is 5.75 Å². The van der Waals surface area contributed by atoms with Crippen molar-refractivity contribution in [2.75, 3.05) is 26.9 Å². The van der Waals surface area contributed by atoms with E-state index in [9.17, 15) is 0 Å². The Morgan fingerprint density at radius 2 is 2.37 bits per heavy atom. The van der Waals surface area contributed by atoms with Crippen LogP contribution in [0, 0.1) is 12.3 Å². The zero-order valence-electron chi connectivity index (χ0n) is 10.6. The summed E-state index contributed by atoms with van der Waals surface area (Å²) in [4.78, 5) is 0. The van der Waals surface area contributed by atoms with E-state index in [0.717, 1.165) is 10.9 Å². The molecule has 1 aromatic heterocycles. The predicted octanol–water partition coefficient (Wildman–Crippen LogP) is 1.57. The highest BCUT2D eigenvalue weighted by Gasteiger charge is 2.20. The molecule has 0 bridgehead atoms. The number of nitrogens with zero attached hydrogens (tertiary/aromatic N) is 2. The summed E-state index contributed by atoms with van der Waals surface area (Å²) in [5.74, 6) is 3.33. The van der Waals surface area contributed by atoms with Gasteiger partial charge in [0, 0.05) is 5.39 Å². The molecule has 1 aliphatic heterocycles. The Labute approximate surface area is 111 Å². The number of hydrogen-bond donors (Lipinski definition) is 0. The van der Waals surface area contributed by atoms with Crippen molar-refractivity contribution >= 4 is 10.9 Å². The van der Waals surface area contributed by atoms with Crippen LogP contribution in [0.4, 0.5) is 0 Å². The first kappa shape index (κ1) is 12.0. The molecule has 5 nitrogen and oxygen atoms in total. The number of aromatic nitrogens is 2. The number of terminal acetylenes is 1. The topological polar surface area (TPSA) is 45.5 Å². The molecular formula is C14H14N2O3. The van der Waals surface area contributed by atoms with Gasteiger partial charge in [-0.05, 0) is 12.1 Å². The van der Waals surface area contributed by atoms with Gasteiger partial charge in [0.05, 0.1) is 44.2 Å². The molecule has 0 N–H and O–H groups in total. The summed E-state index contributed by atoms with van der Waals surface area (Å²) < 4.78 is 18.1. The molecule has 19 heavy (non-hydrogen) atoms. The highest BCUT2D eigenvalue weighted by molar-refractivity contribution is 5.87. The maximum Gasteiger partial charge on any atom is 0.174 e. The van der Waals surface area contributed by atoms with E-state index >= 15 is 0 Å². The van der Waals surface area contributed by atoms with Crippen LogP contribution in [0.2, 0.25) is 0 Å². The standard InChI is InChI=1S/C14H14N2O3/c1-3-10-11-8-15-16(14-9-18-6-7-19-14)12(11)4-5-13(10)17-2/h1,4-5,8,14H,6-7,9H2,2H3. The zero-order chi connectivity index (χ0) is 13.2. The number of methoxy groups -OCH3 is 1. The Morgan fingerprint density at radius 3 is 3.05 bits per heavy atom. The van der Waals surface area contributed by atoms with Gasteiger partial charge < -0.3 is 14.2 Å². The maximum atomic E-state index is 5.65. The van der Waals surface area contributed by atoms with Crippen LogP contribution in [0.15, 0.2) is 18.3 Å². The summed E-state index contributed by atoms with van der Waals surface area (Å²) in [7, 11) is 1.60. The zero-order valence-corrected chi connectivity index (χ0v) is 10.6. The van der Waals surface area contributed by atoms with E-state index in [2.05, 4.69) is 11.0 Å². The van der Waals surface area contributed by atoms with Crippen molar-refractivity contribution in [3.8, 4) is 18.1 Å². The molecule has 5 heteroatoms. The fourth-order valence-corrected chi connectivity index (χ4v) is 2.27. The Bertz CT molecular complexity index is 636. The molecule has 98 valence electrons.